The van der Waals surface area contributed by atoms with Crippen molar-refractivity contribution in [3.8, 4) is 5.75 Å². The minimum absolute atomic E-state index is 0.136. The molecule has 3 aromatic rings. The molecule has 1 amide bonds. The number of rotatable bonds is 7. The Bertz CT molecular complexity index is 1380. The van der Waals surface area contributed by atoms with Gasteiger partial charge in [0.25, 0.3) is 0 Å². The van der Waals surface area contributed by atoms with Crippen LogP contribution in [0.2, 0.25) is 0 Å². The van der Waals surface area contributed by atoms with Crippen molar-refractivity contribution in [1.82, 2.24) is 13.8 Å². The minimum Gasteiger partial charge on any atom is -0.497 e. The second-order valence-corrected chi connectivity index (χ2v) is 11.7. The monoisotopic (exact) mass is 507 g/mol. The van der Waals surface area contributed by atoms with E-state index in [1.165, 1.54) is 4.31 Å². The molecule has 1 fully saturated rings. The zero-order chi connectivity index (χ0) is 25.6. The number of ether oxygens (including phenoxy) is 1. The smallest absolute Gasteiger partial charge is 0.244 e. The fraction of sp³-hybridized carbons (Fsp3) is 0.393. The van der Waals surface area contributed by atoms with Crippen molar-refractivity contribution in [2.45, 2.75) is 57.1 Å². The number of aryl methyl sites for hydroxylation is 3. The van der Waals surface area contributed by atoms with E-state index in [-0.39, 0.29) is 24.5 Å². The van der Waals surface area contributed by atoms with Crippen molar-refractivity contribution >= 4 is 15.9 Å². The highest BCUT2D eigenvalue weighted by molar-refractivity contribution is 7.89. The number of carbonyl (C=O) groups is 1. The van der Waals surface area contributed by atoms with E-state index >= 15 is 0 Å². The lowest BCUT2D eigenvalue weighted by Crippen LogP contribution is -2.48. The van der Waals surface area contributed by atoms with Crippen LogP contribution < -0.4 is 4.74 Å². The number of benzene rings is 2. The van der Waals surface area contributed by atoms with Crippen LogP contribution in [-0.4, -0.2) is 54.3 Å². The summed E-state index contributed by atoms with van der Waals surface area (Å²) in [5.41, 5.74) is 4.41. The van der Waals surface area contributed by atoms with Crippen molar-refractivity contribution in [2.24, 2.45) is 0 Å². The van der Waals surface area contributed by atoms with Gasteiger partial charge >= 0.3 is 0 Å². The third-order valence-corrected chi connectivity index (χ3v) is 9.39. The van der Waals surface area contributed by atoms with E-state index in [9.17, 15) is 13.2 Å². The highest BCUT2D eigenvalue weighted by Gasteiger charge is 2.42. The maximum atomic E-state index is 13.9. The first-order valence-electron chi connectivity index (χ1n) is 12.4. The van der Waals surface area contributed by atoms with E-state index in [0.717, 1.165) is 46.5 Å². The van der Waals surface area contributed by atoms with Gasteiger partial charge in [-0.3, -0.25) is 4.79 Å². The van der Waals surface area contributed by atoms with E-state index in [1.54, 1.807) is 7.11 Å². The molecule has 1 aliphatic carbocycles. The summed E-state index contributed by atoms with van der Waals surface area (Å²) in [4.78, 5) is 16.0. The first-order chi connectivity index (χ1) is 17.2. The van der Waals surface area contributed by atoms with Crippen LogP contribution in [0.15, 0.2) is 59.6 Å². The molecule has 8 heteroatoms. The summed E-state index contributed by atoms with van der Waals surface area (Å²) in [5, 5.41) is 0. The summed E-state index contributed by atoms with van der Waals surface area (Å²) in [6.45, 7) is 6.63. The number of hydrogen-bond donors (Lipinski definition) is 0. The van der Waals surface area contributed by atoms with Crippen LogP contribution in [-0.2, 0) is 21.4 Å². The Kier molecular flexibility index (Phi) is 6.43. The quantitative estimate of drug-likeness (QED) is 0.480. The highest BCUT2D eigenvalue weighted by Crippen LogP contribution is 2.37. The number of sulfonamides is 1. The molecular weight excluding hydrogens is 474 g/mol. The van der Waals surface area contributed by atoms with Gasteiger partial charge in [0, 0.05) is 31.0 Å². The number of amides is 1. The van der Waals surface area contributed by atoms with Gasteiger partial charge in [0.05, 0.1) is 24.6 Å². The molecule has 36 heavy (non-hydrogen) atoms. The Morgan fingerprint density at radius 2 is 1.75 bits per heavy atom. The maximum absolute atomic E-state index is 13.9. The molecular formula is C28H33N3O4S. The second kappa shape index (κ2) is 9.41. The molecule has 0 N–H and O–H groups in total. The molecule has 1 aliphatic heterocycles. The average Bonchev–Trinajstić information content (AvgIpc) is 3.56. The Labute approximate surface area is 213 Å². The van der Waals surface area contributed by atoms with Gasteiger partial charge in [-0.1, -0.05) is 29.8 Å². The summed E-state index contributed by atoms with van der Waals surface area (Å²) < 4.78 is 36.9. The largest absolute Gasteiger partial charge is 0.497 e. The molecule has 5 rings (SSSR count). The first kappa shape index (κ1) is 24.6. The van der Waals surface area contributed by atoms with Crippen molar-refractivity contribution in [1.29, 1.82) is 0 Å². The number of methoxy groups -OCH3 is 1. The van der Waals surface area contributed by atoms with Crippen LogP contribution >= 0.6 is 0 Å². The molecule has 7 nitrogen and oxygen atoms in total. The van der Waals surface area contributed by atoms with Crippen molar-refractivity contribution < 1.29 is 17.9 Å². The summed E-state index contributed by atoms with van der Waals surface area (Å²) in [6, 6.07) is 15.1. The zero-order valence-corrected chi connectivity index (χ0v) is 22.1. The van der Waals surface area contributed by atoms with E-state index < -0.39 is 10.0 Å². The number of hydrogen-bond acceptors (Lipinski definition) is 4. The van der Waals surface area contributed by atoms with Gasteiger partial charge in [-0.15, -0.1) is 0 Å². The van der Waals surface area contributed by atoms with Crippen LogP contribution in [0.1, 0.15) is 46.8 Å². The fourth-order valence-corrected chi connectivity index (χ4v) is 7.55. The van der Waals surface area contributed by atoms with E-state index in [1.807, 2.05) is 80.4 Å². The van der Waals surface area contributed by atoms with Gasteiger partial charge in [0.15, 0.2) is 0 Å². The van der Waals surface area contributed by atoms with Crippen LogP contribution in [0.5, 0.6) is 5.75 Å². The molecule has 190 valence electrons. The van der Waals surface area contributed by atoms with Crippen molar-refractivity contribution in [3.63, 3.8) is 0 Å². The fourth-order valence-electron chi connectivity index (χ4n) is 5.50. The van der Waals surface area contributed by atoms with Gasteiger partial charge in [-0.2, -0.15) is 4.31 Å². The molecule has 2 heterocycles. The normalized spacial score (nSPS) is 17.8. The van der Waals surface area contributed by atoms with Crippen LogP contribution in [0.3, 0.4) is 0 Å². The molecule has 1 aromatic heterocycles. The lowest BCUT2D eigenvalue weighted by Gasteiger charge is -2.38. The van der Waals surface area contributed by atoms with Crippen molar-refractivity contribution in [2.75, 3.05) is 20.2 Å². The molecule has 0 saturated heterocycles. The molecule has 0 bridgehead atoms. The Balaban J connectivity index is 1.50. The third-order valence-electron chi connectivity index (χ3n) is 7.18. The Hall–Kier alpha value is -3.10. The molecule has 2 aliphatic rings. The minimum atomic E-state index is -3.83. The predicted octanol–water partition coefficient (Wildman–Crippen LogP) is 4.21. The standard InChI is InChI=1S/C28H33N3O4S/c1-19-15-20(2)28(21(3)16-19)36(33,34)31(23-10-11-23)18-26(32)30-14-13-29-12-6-9-25(29)27(30)22-7-5-8-24(17-22)35-4/h5-9,12,15-17,23,27H,10-11,13-14,18H2,1-4H3. The highest BCUT2D eigenvalue weighted by atomic mass is 32.2. The van der Waals surface area contributed by atoms with Gasteiger partial charge in [-0.05, 0) is 74.6 Å². The molecule has 0 radical (unpaired) electrons. The summed E-state index contributed by atoms with van der Waals surface area (Å²) in [6.07, 6.45) is 3.57. The predicted molar refractivity (Wildman–Crippen MR) is 139 cm³/mol. The molecule has 1 saturated carbocycles. The van der Waals surface area contributed by atoms with E-state index in [0.29, 0.717) is 18.0 Å². The molecule has 2 aromatic carbocycles. The molecule has 1 atom stereocenters. The molecule has 1 unspecified atom stereocenters. The van der Waals surface area contributed by atoms with Gasteiger partial charge in [0.2, 0.25) is 15.9 Å². The molecule has 0 spiro atoms. The number of fused-ring (bicyclic) bond motifs is 1. The average molecular weight is 508 g/mol. The van der Waals surface area contributed by atoms with Gasteiger partial charge in [0.1, 0.15) is 5.75 Å². The van der Waals surface area contributed by atoms with E-state index in [4.69, 9.17) is 4.74 Å². The van der Waals surface area contributed by atoms with Crippen molar-refractivity contribution in [3.05, 3.63) is 82.7 Å². The Morgan fingerprint density at radius 3 is 2.42 bits per heavy atom. The Morgan fingerprint density at radius 1 is 1.03 bits per heavy atom. The van der Waals surface area contributed by atoms with Crippen LogP contribution in [0, 0.1) is 20.8 Å². The van der Waals surface area contributed by atoms with Crippen LogP contribution in [0.4, 0.5) is 0 Å². The van der Waals surface area contributed by atoms with Gasteiger partial charge < -0.3 is 14.2 Å². The number of carbonyl (C=O) groups excluding carboxylic acids is 1. The number of aromatic nitrogens is 1. The van der Waals surface area contributed by atoms with E-state index in [2.05, 4.69) is 4.57 Å². The lowest BCUT2D eigenvalue weighted by molar-refractivity contribution is -0.134. The first-order valence-corrected chi connectivity index (χ1v) is 13.8. The summed E-state index contributed by atoms with van der Waals surface area (Å²) in [7, 11) is -2.21. The second-order valence-electron chi connectivity index (χ2n) is 9.90. The summed E-state index contributed by atoms with van der Waals surface area (Å²) in [5.74, 6) is 0.532. The topological polar surface area (TPSA) is 71.8 Å². The number of nitrogens with zero attached hydrogens (tertiary/aromatic N) is 3. The zero-order valence-electron chi connectivity index (χ0n) is 21.3. The maximum Gasteiger partial charge on any atom is 0.244 e. The summed E-state index contributed by atoms with van der Waals surface area (Å²) >= 11 is 0. The third kappa shape index (κ3) is 4.44. The SMILES string of the molecule is COc1cccc(C2c3cccn3CCN2C(=O)CN(C2CC2)S(=O)(=O)c2c(C)cc(C)cc2C)c1. The van der Waals surface area contributed by atoms with Gasteiger partial charge in [-0.25, -0.2) is 8.42 Å². The lowest BCUT2D eigenvalue weighted by atomic mass is 9.99. The van der Waals surface area contributed by atoms with Crippen LogP contribution in [0.25, 0.3) is 0 Å².